The fraction of sp³-hybridized carbons (Fsp3) is 0.250. The van der Waals surface area contributed by atoms with Crippen molar-refractivity contribution < 1.29 is 4.74 Å². The molecule has 2 aromatic rings. The Morgan fingerprint density at radius 1 is 1.29 bits per heavy atom. The Kier molecular flexibility index (Phi) is 4.45. The quantitative estimate of drug-likeness (QED) is 0.790. The lowest BCUT2D eigenvalue weighted by atomic mass is 10.3. The predicted molar refractivity (Wildman–Crippen MR) is 71.4 cm³/mol. The van der Waals surface area contributed by atoms with Gasteiger partial charge in [0.2, 0.25) is 0 Å². The molecule has 1 aromatic heterocycles. The van der Waals surface area contributed by atoms with Crippen molar-refractivity contribution in [2.24, 2.45) is 0 Å². The average Bonchev–Trinajstić information content (AvgIpc) is 2.79. The SMILES string of the molecule is ClCc1nccn1CCOc1ccc(Br)cc1. The van der Waals surface area contributed by atoms with Gasteiger partial charge in [-0.05, 0) is 24.3 Å². The summed E-state index contributed by atoms with van der Waals surface area (Å²) in [6, 6.07) is 7.77. The standard InChI is InChI=1S/C12H12BrClN2O/c13-10-1-3-11(4-2-10)17-8-7-16-6-5-15-12(16)9-14/h1-6H,7-9H2. The van der Waals surface area contributed by atoms with Crippen LogP contribution in [0.4, 0.5) is 0 Å². The largest absolute Gasteiger partial charge is 0.492 e. The minimum absolute atomic E-state index is 0.422. The van der Waals surface area contributed by atoms with Crippen LogP contribution in [0, 0.1) is 0 Å². The number of hydrogen-bond acceptors (Lipinski definition) is 2. The van der Waals surface area contributed by atoms with Crippen molar-refractivity contribution in [2.45, 2.75) is 12.4 Å². The molecule has 0 atom stereocenters. The van der Waals surface area contributed by atoms with E-state index in [4.69, 9.17) is 16.3 Å². The monoisotopic (exact) mass is 314 g/mol. The zero-order valence-electron chi connectivity index (χ0n) is 9.14. The third-order valence-electron chi connectivity index (χ3n) is 2.34. The molecule has 5 heteroatoms. The Labute approximate surface area is 114 Å². The summed E-state index contributed by atoms with van der Waals surface area (Å²) in [6.07, 6.45) is 3.65. The first kappa shape index (κ1) is 12.5. The number of aromatic nitrogens is 2. The number of hydrogen-bond donors (Lipinski definition) is 0. The summed E-state index contributed by atoms with van der Waals surface area (Å²) in [5.41, 5.74) is 0. The zero-order chi connectivity index (χ0) is 12.1. The first-order valence-electron chi connectivity index (χ1n) is 5.24. The number of benzene rings is 1. The molecule has 0 saturated carbocycles. The van der Waals surface area contributed by atoms with Crippen molar-refractivity contribution in [3.8, 4) is 5.75 Å². The molecule has 3 nitrogen and oxygen atoms in total. The van der Waals surface area contributed by atoms with Crippen LogP contribution >= 0.6 is 27.5 Å². The van der Waals surface area contributed by atoms with Crippen molar-refractivity contribution in [2.75, 3.05) is 6.61 Å². The fourth-order valence-corrected chi connectivity index (χ4v) is 1.95. The molecular weight excluding hydrogens is 304 g/mol. The molecule has 0 spiro atoms. The van der Waals surface area contributed by atoms with E-state index in [0.717, 1.165) is 22.6 Å². The van der Waals surface area contributed by atoms with E-state index in [0.29, 0.717) is 12.5 Å². The lowest BCUT2D eigenvalue weighted by molar-refractivity contribution is 0.297. The van der Waals surface area contributed by atoms with Gasteiger partial charge in [-0.15, -0.1) is 11.6 Å². The maximum Gasteiger partial charge on any atom is 0.123 e. The highest BCUT2D eigenvalue weighted by molar-refractivity contribution is 9.10. The maximum atomic E-state index is 5.76. The number of alkyl halides is 1. The van der Waals surface area contributed by atoms with Crippen LogP contribution in [0.1, 0.15) is 5.82 Å². The molecule has 0 radical (unpaired) electrons. The third kappa shape index (κ3) is 3.48. The van der Waals surface area contributed by atoms with Gasteiger partial charge in [-0.1, -0.05) is 15.9 Å². The van der Waals surface area contributed by atoms with Crippen molar-refractivity contribution in [1.82, 2.24) is 9.55 Å². The van der Waals surface area contributed by atoms with Crippen LogP contribution in [-0.2, 0) is 12.4 Å². The molecule has 2 rings (SSSR count). The second kappa shape index (κ2) is 6.07. The van der Waals surface area contributed by atoms with Gasteiger partial charge in [-0.2, -0.15) is 0 Å². The van der Waals surface area contributed by atoms with E-state index in [1.165, 1.54) is 0 Å². The Hall–Kier alpha value is -1.000. The average molecular weight is 316 g/mol. The van der Waals surface area contributed by atoms with Gasteiger partial charge in [0, 0.05) is 16.9 Å². The van der Waals surface area contributed by atoms with Gasteiger partial charge in [0.05, 0.1) is 12.4 Å². The van der Waals surface area contributed by atoms with E-state index < -0.39 is 0 Å². The summed E-state index contributed by atoms with van der Waals surface area (Å²) in [4.78, 5) is 4.14. The van der Waals surface area contributed by atoms with Crippen LogP contribution < -0.4 is 4.74 Å². The summed E-state index contributed by atoms with van der Waals surface area (Å²) in [6.45, 7) is 1.35. The van der Waals surface area contributed by atoms with Crippen LogP contribution in [0.25, 0.3) is 0 Å². The summed E-state index contributed by atoms with van der Waals surface area (Å²) in [7, 11) is 0. The topological polar surface area (TPSA) is 27.1 Å². The summed E-state index contributed by atoms with van der Waals surface area (Å²) >= 11 is 9.14. The number of imidazole rings is 1. The van der Waals surface area contributed by atoms with E-state index in [1.807, 2.05) is 35.0 Å². The van der Waals surface area contributed by atoms with E-state index in [1.54, 1.807) is 6.20 Å². The van der Waals surface area contributed by atoms with Crippen LogP contribution in [0.15, 0.2) is 41.1 Å². The van der Waals surface area contributed by atoms with Gasteiger partial charge in [0.1, 0.15) is 18.2 Å². The smallest absolute Gasteiger partial charge is 0.123 e. The Morgan fingerprint density at radius 2 is 2.06 bits per heavy atom. The second-order valence-electron chi connectivity index (χ2n) is 3.47. The fourth-order valence-electron chi connectivity index (χ4n) is 1.47. The minimum atomic E-state index is 0.422. The van der Waals surface area contributed by atoms with Gasteiger partial charge in [0.25, 0.3) is 0 Å². The molecule has 0 N–H and O–H groups in total. The molecule has 0 saturated heterocycles. The van der Waals surface area contributed by atoms with Crippen LogP contribution in [-0.4, -0.2) is 16.2 Å². The number of ether oxygens (including phenoxy) is 1. The Bertz CT molecular complexity index is 470. The van der Waals surface area contributed by atoms with Gasteiger partial charge < -0.3 is 9.30 Å². The molecule has 0 fully saturated rings. The highest BCUT2D eigenvalue weighted by Gasteiger charge is 2.00. The summed E-state index contributed by atoms with van der Waals surface area (Å²) < 4.78 is 8.66. The van der Waals surface area contributed by atoms with Crippen LogP contribution in [0.5, 0.6) is 5.75 Å². The third-order valence-corrected chi connectivity index (χ3v) is 3.10. The first-order chi connectivity index (χ1) is 8.29. The normalized spacial score (nSPS) is 10.5. The van der Waals surface area contributed by atoms with E-state index in [2.05, 4.69) is 20.9 Å². The lowest BCUT2D eigenvalue weighted by Gasteiger charge is -2.08. The summed E-state index contributed by atoms with van der Waals surface area (Å²) in [5, 5.41) is 0. The van der Waals surface area contributed by atoms with Crippen LogP contribution in [0.3, 0.4) is 0 Å². The molecule has 0 aliphatic carbocycles. The van der Waals surface area contributed by atoms with Crippen molar-refractivity contribution in [3.63, 3.8) is 0 Å². The molecule has 0 aliphatic rings. The molecule has 90 valence electrons. The van der Waals surface area contributed by atoms with Gasteiger partial charge in [0.15, 0.2) is 0 Å². The molecular formula is C12H12BrClN2O. The minimum Gasteiger partial charge on any atom is -0.492 e. The molecule has 1 heterocycles. The zero-order valence-corrected chi connectivity index (χ0v) is 11.5. The van der Waals surface area contributed by atoms with E-state index >= 15 is 0 Å². The van der Waals surface area contributed by atoms with Gasteiger partial charge >= 0.3 is 0 Å². The van der Waals surface area contributed by atoms with Crippen molar-refractivity contribution in [3.05, 3.63) is 47.0 Å². The van der Waals surface area contributed by atoms with Gasteiger partial charge in [-0.25, -0.2) is 4.98 Å². The Morgan fingerprint density at radius 3 is 2.76 bits per heavy atom. The van der Waals surface area contributed by atoms with Crippen LogP contribution in [0.2, 0.25) is 0 Å². The molecule has 0 bridgehead atoms. The van der Waals surface area contributed by atoms with E-state index in [9.17, 15) is 0 Å². The van der Waals surface area contributed by atoms with Gasteiger partial charge in [-0.3, -0.25) is 0 Å². The van der Waals surface area contributed by atoms with E-state index in [-0.39, 0.29) is 0 Å². The summed E-state index contributed by atoms with van der Waals surface area (Å²) in [5.74, 6) is 2.15. The predicted octanol–water partition coefficient (Wildman–Crippen LogP) is 3.46. The number of rotatable bonds is 5. The molecule has 17 heavy (non-hydrogen) atoms. The maximum absolute atomic E-state index is 5.76. The first-order valence-corrected chi connectivity index (χ1v) is 6.56. The molecule has 0 amide bonds. The number of nitrogens with zero attached hydrogens (tertiary/aromatic N) is 2. The Balaban J connectivity index is 1.85. The molecule has 1 aromatic carbocycles. The molecule has 0 unspecified atom stereocenters. The van der Waals surface area contributed by atoms with Crippen molar-refractivity contribution >= 4 is 27.5 Å². The highest BCUT2D eigenvalue weighted by Crippen LogP contribution is 2.16. The highest BCUT2D eigenvalue weighted by atomic mass is 79.9. The number of halogens is 2. The second-order valence-corrected chi connectivity index (χ2v) is 4.66. The van der Waals surface area contributed by atoms with Crippen molar-refractivity contribution in [1.29, 1.82) is 0 Å². The molecule has 0 aliphatic heterocycles. The lowest BCUT2D eigenvalue weighted by Crippen LogP contribution is -2.09.